The molecule has 62 valence electrons. The van der Waals surface area contributed by atoms with Gasteiger partial charge >= 0.3 is 6.03 Å². The van der Waals surface area contributed by atoms with Crippen LogP contribution in [0, 0.1) is 4.91 Å². The number of carbonyl (C=O) groups excluding carboxylic acids is 1. The van der Waals surface area contributed by atoms with Crippen molar-refractivity contribution in [2.75, 3.05) is 33.2 Å². The van der Waals surface area contributed by atoms with E-state index in [4.69, 9.17) is 0 Å². The minimum Gasteiger partial charge on any atom is -0.318 e. The van der Waals surface area contributed by atoms with E-state index in [1.165, 1.54) is 4.90 Å². The van der Waals surface area contributed by atoms with Crippen molar-refractivity contribution in [3.8, 4) is 0 Å². The summed E-state index contributed by atoms with van der Waals surface area (Å²) in [5.74, 6) is 0. The summed E-state index contributed by atoms with van der Waals surface area (Å²) < 4.78 is 0. The molecular weight excluding hydrogens is 146 g/mol. The van der Waals surface area contributed by atoms with Gasteiger partial charge in [-0.2, -0.15) is 0 Å². The quantitative estimate of drug-likeness (QED) is 0.469. The molecule has 11 heavy (non-hydrogen) atoms. The molecule has 0 atom stereocenters. The molecule has 0 N–H and O–H groups in total. The topological polar surface area (TPSA) is 53.0 Å². The molecule has 0 unspecified atom stereocenters. The average Bonchev–Trinajstić information content (AvgIpc) is 2.05. The first-order valence-corrected chi connectivity index (χ1v) is 3.55. The van der Waals surface area contributed by atoms with Crippen molar-refractivity contribution in [2.45, 2.75) is 0 Å². The lowest BCUT2D eigenvalue weighted by molar-refractivity contribution is 0.161. The fraction of sp³-hybridized carbons (Fsp3) is 0.833. The summed E-state index contributed by atoms with van der Waals surface area (Å²) in [6.07, 6.45) is 0. The van der Waals surface area contributed by atoms with Crippen molar-refractivity contribution in [1.29, 1.82) is 0 Å². The molecule has 0 radical (unpaired) electrons. The number of carbonyl (C=O) groups is 1. The summed E-state index contributed by atoms with van der Waals surface area (Å²) >= 11 is 0. The van der Waals surface area contributed by atoms with Gasteiger partial charge in [0.2, 0.25) is 0 Å². The minimum atomic E-state index is -0.641. The molecule has 0 spiro atoms. The van der Waals surface area contributed by atoms with E-state index < -0.39 is 6.03 Å². The summed E-state index contributed by atoms with van der Waals surface area (Å²) in [4.78, 5) is 24.1. The van der Waals surface area contributed by atoms with Crippen molar-refractivity contribution in [1.82, 2.24) is 9.80 Å². The number of nitrogens with zero attached hydrogens (tertiary/aromatic N) is 3. The van der Waals surface area contributed by atoms with Crippen molar-refractivity contribution >= 4 is 6.03 Å². The van der Waals surface area contributed by atoms with Crippen LogP contribution in [0.2, 0.25) is 0 Å². The van der Waals surface area contributed by atoms with Crippen LogP contribution in [0.4, 0.5) is 4.79 Å². The zero-order chi connectivity index (χ0) is 8.27. The number of hydrogen-bond donors (Lipinski definition) is 0. The molecule has 1 heterocycles. The van der Waals surface area contributed by atoms with Gasteiger partial charge < -0.3 is 9.80 Å². The van der Waals surface area contributed by atoms with Gasteiger partial charge in [0, 0.05) is 31.4 Å². The van der Waals surface area contributed by atoms with Crippen LogP contribution in [0.15, 0.2) is 5.18 Å². The Morgan fingerprint density at radius 1 is 1.27 bits per heavy atom. The zero-order valence-corrected chi connectivity index (χ0v) is 6.49. The van der Waals surface area contributed by atoms with E-state index in [9.17, 15) is 9.70 Å². The zero-order valence-electron chi connectivity index (χ0n) is 6.49. The van der Waals surface area contributed by atoms with Gasteiger partial charge in [0.25, 0.3) is 0 Å². The fourth-order valence-electron chi connectivity index (χ4n) is 1.06. The Kier molecular flexibility index (Phi) is 2.53. The second-order valence-corrected chi connectivity index (χ2v) is 2.66. The van der Waals surface area contributed by atoms with Gasteiger partial charge in [-0.25, -0.2) is 4.79 Å². The van der Waals surface area contributed by atoms with Crippen LogP contribution < -0.4 is 0 Å². The van der Waals surface area contributed by atoms with Crippen LogP contribution in [-0.2, 0) is 0 Å². The largest absolute Gasteiger partial charge is 0.381 e. The van der Waals surface area contributed by atoms with Crippen molar-refractivity contribution in [3.05, 3.63) is 4.91 Å². The van der Waals surface area contributed by atoms with Crippen molar-refractivity contribution in [2.24, 2.45) is 5.18 Å². The maximum Gasteiger partial charge on any atom is 0.381 e. The molecule has 0 saturated carbocycles. The molecule has 0 aromatic heterocycles. The summed E-state index contributed by atoms with van der Waals surface area (Å²) in [6.45, 7) is 2.87. The summed E-state index contributed by atoms with van der Waals surface area (Å²) in [7, 11) is 1.98. The Hall–Kier alpha value is -0.970. The minimum absolute atomic E-state index is 0.612. The smallest absolute Gasteiger partial charge is 0.318 e. The molecule has 1 rings (SSSR count). The predicted molar refractivity (Wildman–Crippen MR) is 40.3 cm³/mol. The highest BCUT2D eigenvalue weighted by Gasteiger charge is 2.18. The molecule has 0 aliphatic carbocycles. The Morgan fingerprint density at radius 2 is 1.82 bits per heavy atom. The molecule has 1 aliphatic rings. The Labute approximate surface area is 64.9 Å². The van der Waals surface area contributed by atoms with Crippen LogP contribution in [-0.4, -0.2) is 49.1 Å². The Bertz CT molecular complexity index is 163. The number of rotatable bonds is 0. The second-order valence-electron chi connectivity index (χ2n) is 2.66. The Balaban J connectivity index is 2.38. The summed E-state index contributed by atoms with van der Waals surface area (Å²) in [5, 5.41) is 2.36. The van der Waals surface area contributed by atoms with Gasteiger partial charge in [-0.1, -0.05) is 0 Å². The third-order valence-electron chi connectivity index (χ3n) is 1.85. The summed E-state index contributed by atoms with van der Waals surface area (Å²) in [5.41, 5.74) is 0. The first-order valence-electron chi connectivity index (χ1n) is 3.55. The molecule has 1 fully saturated rings. The first-order chi connectivity index (χ1) is 5.24. The highest BCUT2D eigenvalue weighted by molar-refractivity contribution is 5.74. The average molecular weight is 157 g/mol. The van der Waals surface area contributed by atoms with E-state index in [0.29, 0.717) is 13.1 Å². The lowest BCUT2D eigenvalue weighted by Gasteiger charge is -2.30. The highest BCUT2D eigenvalue weighted by Crippen LogP contribution is 2.00. The van der Waals surface area contributed by atoms with E-state index in [2.05, 4.69) is 10.1 Å². The van der Waals surface area contributed by atoms with Gasteiger partial charge in [-0.05, 0) is 7.05 Å². The second kappa shape index (κ2) is 3.43. The summed E-state index contributed by atoms with van der Waals surface area (Å²) in [6, 6.07) is -0.641. The normalized spacial score (nSPS) is 19.9. The van der Waals surface area contributed by atoms with E-state index in [-0.39, 0.29) is 0 Å². The number of nitroso groups, excluding NO2 is 1. The Morgan fingerprint density at radius 3 is 2.27 bits per heavy atom. The number of likely N-dealkylation sites (N-methyl/N-ethyl adjacent to an activating group) is 1. The number of hydrogen-bond acceptors (Lipinski definition) is 3. The van der Waals surface area contributed by atoms with Gasteiger partial charge in [-0.15, -0.1) is 4.91 Å². The number of piperazine rings is 1. The fourth-order valence-corrected chi connectivity index (χ4v) is 1.06. The van der Waals surface area contributed by atoms with Gasteiger partial charge in [0.1, 0.15) is 0 Å². The monoisotopic (exact) mass is 157 g/mol. The molecule has 0 aromatic rings. The third-order valence-corrected chi connectivity index (χ3v) is 1.85. The molecule has 0 bridgehead atoms. The van der Waals surface area contributed by atoms with Crippen LogP contribution >= 0.6 is 0 Å². The van der Waals surface area contributed by atoms with Crippen LogP contribution in [0.25, 0.3) is 0 Å². The lowest BCUT2D eigenvalue weighted by atomic mass is 10.3. The van der Waals surface area contributed by atoms with E-state index in [1.54, 1.807) is 0 Å². The first kappa shape index (κ1) is 8.13. The lowest BCUT2D eigenvalue weighted by Crippen LogP contribution is -2.46. The van der Waals surface area contributed by atoms with E-state index in [1.807, 2.05) is 7.05 Å². The maximum absolute atomic E-state index is 10.7. The maximum atomic E-state index is 10.7. The molecule has 5 heteroatoms. The SMILES string of the molecule is CN1CCN(C(=O)N=O)CC1. The van der Waals surface area contributed by atoms with Crippen molar-refractivity contribution < 1.29 is 4.79 Å². The van der Waals surface area contributed by atoms with E-state index >= 15 is 0 Å². The molecular formula is C6H11N3O2. The van der Waals surface area contributed by atoms with Crippen LogP contribution in [0.3, 0.4) is 0 Å². The predicted octanol–water partition coefficient (Wildman–Crippen LogP) is 0.120. The van der Waals surface area contributed by atoms with Gasteiger partial charge in [0.15, 0.2) is 0 Å². The van der Waals surface area contributed by atoms with Crippen molar-refractivity contribution in [3.63, 3.8) is 0 Å². The van der Waals surface area contributed by atoms with E-state index in [0.717, 1.165) is 13.1 Å². The number of amides is 2. The standard InChI is InChI=1S/C6H11N3O2/c1-8-2-4-9(5-3-8)6(10)7-11/h2-5H2,1H3. The van der Waals surface area contributed by atoms with Crippen LogP contribution in [0.5, 0.6) is 0 Å². The molecule has 5 nitrogen and oxygen atoms in total. The van der Waals surface area contributed by atoms with Gasteiger partial charge in [-0.3, -0.25) is 0 Å². The van der Waals surface area contributed by atoms with Crippen LogP contribution in [0.1, 0.15) is 0 Å². The third kappa shape index (κ3) is 1.98. The van der Waals surface area contributed by atoms with Gasteiger partial charge in [0.05, 0.1) is 0 Å². The molecule has 2 amide bonds. The molecule has 1 saturated heterocycles. The highest BCUT2D eigenvalue weighted by atomic mass is 16.3. The molecule has 0 aromatic carbocycles. The molecule has 1 aliphatic heterocycles. The number of urea groups is 1.